The Morgan fingerprint density at radius 3 is 2.57 bits per heavy atom. The van der Waals surface area contributed by atoms with Crippen molar-refractivity contribution in [2.45, 2.75) is 153 Å². The van der Waals surface area contributed by atoms with Crippen LogP contribution in [0.4, 0.5) is 4.79 Å². The van der Waals surface area contributed by atoms with E-state index in [-0.39, 0.29) is 25.0 Å². The standard InChI is InChI=1S/C49H68IN6O10S/c1-4-39-49(50-39,45(59)54-67(61,62)48(3)21-22-48)53-42(57)37-30-33-31-56(37)44(58)41(47(2)19-11-6-12-20-47)52-46(60)66-38-29-32(38)15-7-5-8-17-35-40(34-16-9-10-18-36(34)51-43(35)65-33)64-27-14-24-55-23-13-26-63-28-25-55/h4,9-10,16,18,32-33,37-39,41H,1,5-8,11-15,17,19-31H2,2-3H3,(H,52,60)(H,53,57)(H,54,59)/q-1/t32-,33-,37+,38-,39+,41-,49-/m1/s1. The van der Waals surface area contributed by atoms with Crippen LogP contribution in [0.5, 0.6) is 11.6 Å². The van der Waals surface area contributed by atoms with E-state index in [1.165, 1.54) is 4.90 Å². The predicted octanol–water partition coefficient (Wildman–Crippen LogP) is 2.11. The monoisotopic (exact) mass is 1060 g/mol. The Hall–Kier alpha value is -3.75. The van der Waals surface area contributed by atoms with Crippen LogP contribution >= 0.6 is 0 Å². The molecule has 6 fully saturated rings. The normalized spacial score (nSPS) is 31.0. The number of hydrogen-bond donors (Lipinski definition) is 3. The van der Waals surface area contributed by atoms with Gasteiger partial charge in [0, 0.05) is 26.2 Å². The van der Waals surface area contributed by atoms with Gasteiger partial charge in [-0.05, 0) is 19.3 Å². The second-order valence-electron chi connectivity index (χ2n) is 20.4. The van der Waals surface area contributed by atoms with Gasteiger partial charge in [-0.25, -0.2) is 0 Å². The van der Waals surface area contributed by atoms with E-state index in [0.717, 1.165) is 114 Å². The summed E-state index contributed by atoms with van der Waals surface area (Å²) in [6.45, 7) is 12.3. The molecule has 3 saturated heterocycles. The Balaban J connectivity index is 1.05. The molecule has 7 aliphatic rings. The fraction of sp³-hybridized carbons (Fsp3) is 0.694. The number of rotatable bonds is 12. The van der Waals surface area contributed by atoms with Gasteiger partial charge in [0.25, 0.3) is 0 Å². The predicted molar refractivity (Wildman–Crippen MR) is 246 cm³/mol. The Kier molecular flexibility index (Phi) is 14.4. The molecule has 7 atom stereocenters. The molecule has 4 amide bonds. The molecule has 0 unspecified atom stereocenters. The number of ether oxygens (including phenoxy) is 4. The van der Waals surface area contributed by atoms with E-state index in [0.29, 0.717) is 50.1 Å². The van der Waals surface area contributed by atoms with Gasteiger partial charge < -0.3 is 9.64 Å². The van der Waals surface area contributed by atoms with E-state index in [1.54, 1.807) is 13.0 Å². The molecule has 3 N–H and O–H groups in total. The van der Waals surface area contributed by atoms with E-state index < -0.39 is 90.9 Å². The fourth-order valence-corrected chi connectivity index (χ4v) is 14.7. The molecule has 18 heteroatoms. The number of benzene rings is 1. The Morgan fingerprint density at radius 2 is 1.79 bits per heavy atom. The topological polar surface area (TPSA) is 195 Å². The number of carbonyl (C=O) groups excluding carboxylic acids is 4. The van der Waals surface area contributed by atoms with Crippen LogP contribution in [0.15, 0.2) is 36.9 Å². The quantitative estimate of drug-likeness (QED) is 0.0924. The number of halogens is 1. The van der Waals surface area contributed by atoms with Gasteiger partial charge in [0.2, 0.25) is 0 Å². The first kappa shape index (κ1) is 48.3. The van der Waals surface area contributed by atoms with Gasteiger partial charge in [-0.1, -0.05) is 12.5 Å². The van der Waals surface area contributed by atoms with E-state index in [9.17, 15) is 22.8 Å². The number of para-hydroxylation sites is 1. The van der Waals surface area contributed by atoms with Crippen LogP contribution in [-0.2, 0) is 40.3 Å². The van der Waals surface area contributed by atoms with Gasteiger partial charge in [0.15, 0.2) is 0 Å². The second-order valence-corrected chi connectivity index (χ2v) is 26.3. The summed E-state index contributed by atoms with van der Waals surface area (Å²) in [6.07, 6.45) is 12.0. The summed E-state index contributed by atoms with van der Waals surface area (Å²) in [5, 5.41) is 6.87. The van der Waals surface area contributed by atoms with E-state index in [4.69, 9.17) is 23.9 Å². The maximum atomic E-state index is 15.4. The third-order valence-electron chi connectivity index (χ3n) is 15.3. The Labute approximate surface area is 405 Å². The first-order chi connectivity index (χ1) is 32.2. The van der Waals surface area contributed by atoms with Crippen molar-refractivity contribution in [3.63, 3.8) is 0 Å². The average molecular weight is 1060 g/mol. The van der Waals surface area contributed by atoms with Crippen LogP contribution in [-0.4, -0.2) is 130 Å². The summed E-state index contributed by atoms with van der Waals surface area (Å²) < 4.78 is 51.3. The zero-order valence-corrected chi connectivity index (χ0v) is 42.0. The number of hydrogen-bond acceptors (Lipinski definition) is 12. The van der Waals surface area contributed by atoms with Gasteiger partial charge in [-0.2, -0.15) is 0 Å². The van der Waals surface area contributed by atoms with Crippen LogP contribution in [0, 0.1) is 11.3 Å². The maximum absolute atomic E-state index is 15.4. The number of carbonyl (C=O) groups is 4. The molecule has 0 radical (unpaired) electrons. The molecule has 67 heavy (non-hydrogen) atoms. The van der Waals surface area contributed by atoms with Crippen molar-refractivity contribution < 1.29 is 67.7 Å². The first-order valence-electron chi connectivity index (χ1n) is 24.7. The SMILES string of the molecule is C=C[C@@H]1[I-][C@]1(NC(=O)[C@@H]1C[C@@H]2CN1C(=O)[C@H](C1(C)CCCCC1)NC(=O)O[C@@H]1C[C@H]1CCCCCc1c(nc3ccccc3c1OCCCN1CCCOCC1)O2)C(=O)NS(=O)(=O)C1(C)CC1. The molecule has 1 aromatic heterocycles. The summed E-state index contributed by atoms with van der Waals surface area (Å²) in [5.41, 5.74) is 0.925. The second kappa shape index (κ2) is 19.9. The number of nitrogens with one attached hydrogen (secondary N) is 3. The molecule has 5 heterocycles. The third kappa shape index (κ3) is 10.6. The zero-order chi connectivity index (χ0) is 47.0. The van der Waals surface area contributed by atoms with Crippen molar-refractivity contribution in [1.82, 2.24) is 30.1 Å². The summed E-state index contributed by atoms with van der Waals surface area (Å²) in [5.74, 6) is -0.422. The van der Waals surface area contributed by atoms with Crippen LogP contribution in [0.25, 0.3) is 10.9 Å². The number of aromatic nitrogens is 1. The molecule has 4 aliphatic heterocycles. The van der Waals surface area contributed by atoms with E-state index >= 15 is 4.79 Å². The number of fused-ring (bicyclic) bond motifs is 5. The van der Waals surface area contributed by atoms with E-state index in [2.05, 4.69) is 26.8 Å². The van der Waals surface area contributed by atoms with Gasteiger partial charge in [0.1, 0.15) is 0 Å². The van der Waals surface area contributed by atoms with Crippen LogP contribution in [0.1, 0.15) is 116 Å². The van der Waals surface area contributed by atoms with E-state index in [1.807, 2.05) is 31.2 Å². The zero-order valence-electron chi connectivity index (χ0n) is 39.0. The molecule has 1 aromatic carbocycles. The number of sulfonamides is 1. The van der Waals surface area contributed by atoms with Crippen LogP contribution in [0.3, 0.4) is 0 Å². The molecule has 2 aromatic rings. The van der Waals surface area contributed by atoms with Crippen molar-refractivity contribution in [3.8, 4) is 11.6 Å². The summed E-state index contributed by atoms with van der Waals surface area (Å²) in [7, 11) is -4.00. The van der Waals surface area contributed by atoms with Gasteiger partial charge >= 0.3 is 333 Å². The summed E-state index contributed by atoms with van der Waals surface area (Å²) in [6, 6.07) is 5.75. The molecule has 368 valence electrons. The molecule has 2 bridgehead atoms. The van der Waals surface area contributed by atoms with Crippen LogP contribution < -0.4 is 46.0 Å². The van der Waals surface area contributed by atoms with Crippen molar-refractivity contribution in [2.75, 3.05) is 46.0 Å². The summed E-state index contributed by atoms with van der Waals surface area (Å²) >= 11 is -1.08. The minimum absolute atomic E-state index is 0.000478. The Bertz CT molecular complexity index is 2320. The summed E-state index contributed by atoms with van der Waals surface area (Å²) in [4.78, 5) is 67.0. The number of alkyl carbamates (subject to hydrolysis) is 1. The molecular formula is C49H68IN6O10S-. The molecule has 16 nitrogen and oxygen atoms in total. The van der Waals surface area contributed by atoms with Crippen LogP contribution in [0.2, 0.25) is 0 Å². The van der Waals surface area contributed by atoms with Crippen molar-refractivity contribution in [3.05, 3.63) is 42.5 Å². The third-order valence-corrected chi connectivity index (χ3v) is 21.3. The minimum atomic E-state index is -4.00. The Morgan fingerprint density at radius 1 is 1.00 bits per heavy atom. The molecular weight excluding hydrogens is 992 g/mol. The molecule has 0 spiro atoms. The van der Waals surface area contributed by atoms with Gasteiger partial charge in [-0.15, -0.1) is 0 Å². The average Bonchev–Trinajstić information content (AvgIpc) is 4.26. The molecule has 9 rings (SSSR count). The first-order valence-corrected chi connectivity index (χ1v) is 28.5. The van der Waals surface area contributed by atoms with Crippen molar-refractivity contribution in [2.24, 2.45) is 11.3 Å². The number of amides is 4. The van der Waals surface area contributed by atoms with Crippen molar-refractivity contribution in [1.29, 1.82) is 0 Å². The number of pyridine rings is 1. The van der Waals surface area contributed by atoms with Gasteiger partial charge in [0.05, 0.1) is 6.61 Å². The van der Waals surface area contributed by atoms with Crippen molar-refractivity contribution >= 4 is 44.7 Å². The molecule has 3 saturated carbocycles. The fourth-order valence-electron chi connectivity index (χ4n) is 10.6. The molecule has 3 aliphatic carbocycles. The van der Waals surface area contributed by atoms with Gasteiger partial charge in [-0.3, -0.25) is 0 Å². The number of nitrogens with zero attached hydrogens (tertiary/aromatic N) is 3. The number of alkyl halides is 2.